The summed E-state index contributed by atoms with van der Waals surface area (Å²) in [6, 6.07) is 9.91. The lowest BCUT2D eigenvalue weighted by Gasteiger charge is -2.18. The van der Waals surface area contributed by atoms with Crippen LogP contribution in [-0.2, 0) is 9.53 Å². The number of benzene rings is 1. The lowest BCUT2D eigenvalue weighted by Crippen LogP contribution is -2.32. The predicted molar refractivity (Wildman–Crippen MR) is 66.5 cm³/mol. The van der Waals surface area contributed by atoms with E-state index in [4.69, 9.17) is 4.74 Å². The summed E-state index contributed by atoms with van der Waals surface area (Å²) in [5.74, 6) is 0.899. The Morgan fingerprint density at radius 3 is 2.65 bits per heavy atom. The minimum Gasteiger partial charge on any atom is -0.382 e. The molecule has 3 atom stereocenters. The van der Waals surface area contributed by atoms with Gasteiger partial charge in [0.2, 0.25) is 5.91 Å². The molecule has 3 nitrogen and oxygen atoms in total. The Morgan fingerprint density at radius 2 is 2.12 bits per heavy atom. The summed E-state index contributed by atoms with van der Waals surface area (Å²) in [5, 5.41) is 3.06. The minimum atomic E-state index is -0.0403. The Bertz CT molecular complexity index is 377. The van der Waals surface area contributed by atoms with Crippen molar-refractivity contribution in [2.75, 3.05) is 13.7 Å². The van der Waals surface area contributed by atoms with Crippen molar-refractivity contribution < 1.29 is 9.53 Å². The largest absolute Gasteiger partial charge is 0.382 e. The third-order valence-corrected chi connectivity index (χ3v) is 3.30. The Labute approximate surface area is 102 Å². The topological polar surface area (TPSA) is 38.3 Å². The number of amides is 1. The molecule has 1 aliphatic carbocycles. The first-order valence-electron chi connectivity index (χ1n) is 6.06. The molecule has 3 heteroatoms. The second-order valence-electron chi connectivity index (χ2n) is 4.75. The van der Waals surface area contributed by atoms with E-state index in [0.717, 1.165) is 12.0 Å². The van der Waals surface area contributed by atoms with Gasteiger partial charge in [-0.3, -0.25) is 4.79 Å². The van der Waals surface area contributed by atoms with Crippen molar-refractivity contribution in [3.05, 3.63) is 35.9 Å². The van der Waals surface area contributed by atoms with Crippen LogP contribution < -0.4 is 5.32 Å². The number of carbonyl (C=O) groups excluding carboxylic acids is 1. The van der Waals surface area contributed by atoms with E-state index >= 15 is 0 Å². The molecule has 1 amide bonds. The van der Waals surface area contributed by atoms with Crippen LogP contribution in [0.15, 0.2) is 30.3 Å². The van der Waals surface area contributed by atoms with Crippen molar-refractivity contribution in [3.63, 3.8) is 0 Å². The van der Waals surface area contributed by atoms with Crippen molar-refractivity contribution in [2.24, 2.45) is 11.8 Å². The Morgan fingerprint density at radius 1 is 1.47 bits per heavy atom. The number of rotatable bonds is 5. The number of carbonyl (C=O) groups is 1. The highest BCUT2D eigenvalue weighted by Crippen LogP contribution is 2.38. The van der Waals surface area contributed by atoms with E-state index in [9.17, 15) is 4.79 Å². The SMILES string of the molecule is COCC(NC(=O)C1CC1C)c1ccccc1. The van der Waals surface area contributed by atoms with E-state index in [1.54, 1.807) is 7.11 Å². The quantitative estimate of drug-likeness (QED) is 0.846. The lowest BCUT2D eigenvalue weighted by molar-refractivity contribution is -0.123. The summed E-state index contributed by atoms with van der Waals surface area (Å²) in [6.45, 7) is 2.62. The molecule has 1 aliphatic rings. The molecule has 17 heavy (non-hydrogen) atoms. The zero-order chi connectivity index (χ0) is 12.3. The zero-order valence-electron chi connectivity index (χ0n) is 10.3. The normalized spacial score (nSPS) is 24.1. The van der Waals surface area contributed by atoms with E-state index in [2.05, 4.69) is 12.2 Å². The van der Waals surface area contributed by atoms with E-state index < -0.39 is 0 Å². The van der Waals surface area contributed by atoms with E-state index in [1.165, 1.54) is 0 Å². The maximum absolute atomic E-state index is 11.9. The molecule has 0 radical (unpaired) electrons. The molecular formula is C14H19NO2. The van der Waals surface area contributed by atoms with Gasteiger partial charge in [-0.1, -0.05) is 37.3 Å². The molecule has 0 heterocycles. The molecule has 2 rings (SSSR count). The molecule has 0 spiro atoms. The first-order chi connectivity index (χ1) is 8.22. The maximum atomic E-state index is 11.9. The van der Waals surface area contributed by atoms with Crippen molar-refractivity contribution in [1.29, 1.82) is 0 Å². The molecule has 1 N–H and O–H groups in total. The highest BCUT2D eigenvalue weighted by molar-refractivity contribution is 5.81. The Hall–Kier alpha value is -1.35. The summed E-state index contributed by atoms with van der Waals surface area (Å²) in [6.07, 6.45) is 1.01. The zero-order valence-corrected chi connectivity index (χ0v) is 10.3. The lowest BCUT2D eigenvalue weighted by atomic mass is 10.1. The summed E-state index contributed by atoms with van der Waals surface area (Å²) < 4.78 is 5.17. The second kappa shape index (κ2) is 5.32. The summed E-state index contributed by atoms with van der Waals surface area (Å²) in [7, 11) is 1.65. The average molecular weight is 233 g/mol. The highest BCUT2D eigenvalue weighted by atomic mass is 16.5. The van der Waals surface area contributed by atoms with Gasteiger partial charge in [-0.2, -0.15) is 0 Å². The molecule has 3 unspecified atom stereocenters. The average Bonchev–Trinajstić information content (AvgIpc) is 3.07. The standard InChI is InChI=1S/C14H19NO2/c1-10-8-12(10)14(16)15-13(9-17-2)11-6-4-3-5-7-11/h3-7,10,12-13H,8-9H2,1-2H3,(H,15,16). The van der Waals surface area contributed by atoms with Crippen molar-refractivity contribution >= 4 is 5.91 Å². The van der Waals surface area contributed by atoms with Crippen LogP contribution in [0.4, 0.5) is 0 Å². The molecule has 1 saturated carbocycles. The molecule has 0 saturated heterocycles. The summed E-state index contributed by atoms with van der Waals surface area (Å²) >= 11 is 0. The molecule has 1 fully saturated rings. The molecule has 0 bridgehead atoms. The Balaban J connectivity index is 2.00. The third kappa shape index (κ3) is 3.07. The molecule has 1 aromatic rings. The van der Waals surface area contributed by atoms with Gasteiger partial charge in [-0.15, -0.1) is 0 Å². The van der Waals surface area contributed by atoms with Gasteiger partial charge in [0.15, 0.2) is 0 Å². The van der Waals surface area contributed by atoms with Gasteiger partial charge in [-0.05, 0) is 17.9 Å². The van der Waals surface area contributed by atoms with Crippen LogP contribution in [0.25, 0.3) is 0 Å². The van der Waals surface area contributed by atoms with Crippen LogP contribution >= 0.6 is 0 Å². The van der Waals surface area contributed by atoms with Crippen molar-refractivity contribution in [2.45, 2.75) is 19.4 Å². The molecular weight excluding hydrogens is 214 g/mol. The smallest absolute Gasteiger partial charge is 0.223 e. The molecule has 92 valence electrons. The number of nitrogens with one attached hydrogen (secondary N) is 1. The van der Waals surface area contributed by atoms with Crippen LogP contribution in [0.2, 0.25) is 0 Å². The van der Waals surface area contributed by atoms with E-state index in [0.29, 0.717) is 12.5 Å². The number of ether oxygens (including phenoxy) is 1. The van der Waals surface area contributed by atoms with Gasteiger partial charge in [0, 0.05) is 13.0 Å². The van der Waals surface area contributed by atoms with Crippen LogP contribution in [0, 0.1) is 11.8 Å². The van der Waals surface area contributed by atoms with E-state index in [1.807, 2.05) is 30.3 Å². The van der Waals surface area contributed by atoms with Gasteiger partial charge in [0.25, 0.3) is 0 Å². The van der Waals surface area contributed by atoms with Crippen molar-refractivity contribution in [1.82, 2.24) is 5.32 Å². The fraction of sp³-hybridized carbons (Fsp3) is 0.500. The maximum Gasteiger partial charge on any atom is 0.223 e. The number of hydrogen-bond acceptors (Lipinski definition) is 2. The molecule has 1 aromatic carbocycles. The summed E-state index contributed by atoms with van der Waals surface area (Å²) in [4.78, 5) is 11.9. The van der Waals surface area contributed by atoms with Crippen LogP contribution in [0.3, 0.4) is 0 Å². The number of methoxy groups -OCH3 is 1. The second-order valence-corrected chi connectivity index (χ2v) is 4.75. The molecule has 0 aliphatic heterocycles. The van der Waals surface area contributed by atoms with E-state index in [-0.39, 0.29) is 17.9 Å². The van der Waals surface area contributed by atoms with Gasteiger partial charge in [-0.25, -0.2) is 0 Å². The molecule has 0 aromatic heterocycles. The first-order valence-corrected chi connectivity index (χ1v) is 6.06. The van der Waals surface area contributed by atoms with Crippen molar-refractivity contribution in [3.8, 4) is 0 Å². The number of hydrogen-bond donors (Lipinski definition) is 1. The monoisotopic (exact) mass is 233 g/mol. The van der Waals surface area contributed by atoms with Crippen LogP contribution in [-0.4, -0.2) is 19.6 Å². The fourth-order valence-electron chi connectivity index (χ4n) is 2.04. The van der Waals surface area contributed by atoms with Gasteiger partial charge < -0.3 is 10.1 Å². The summed E-state index contributed by atoms with van der Waals surface area (Å²) in [5.41, 5.74) is 1.09. The third-order valence-electron chi connectivity index (χ3n) is 3.30. The van der Waals surface area contributed by atoms with Gasteiger partial charge in [0.05, 0.1) is 12.6 Å². The van der Waals surface area contributed by atoms with Gasteiger partial charge in [0.1, 0.15) is 0 Å². The van der Waals surface area contributed by atoms with Crippen LogP contribution in [0.1, 0.15) is 24.9 Å². The van der Waals surface area contributed by atoms with Crippen LogP contribution in [0.5, 0.6) is 0 Å². The predicted octanol–water partition coefficient (Wildman–Crippen LogP) is 2.15. The fourth-order valence-corrected chi connectivity index (χ4v) is 2.04. The van der Waals surface area contributed by atoms with Gasteiger partial charge >= 0.3 is 0 Å². The Kier molecular flexibility index (Phi) is 3.79. The minimum absolute atomic E-state index is 0.0403. The highest BCUT2D eigenvalue weighted by Gasteiger charge is 2.39. The first kappa shape index (κ1) is 12.1.